The number of benzene rings is 1. The molecule has 0 aromatic heterocycles. The smallest absolute Gasteiger partial charge is 0.123 e. The molecule has 106 valence electrons. The Kier molecular flexibility index (Phi) is 4.32. The second-order valence-corrected chi connectivity index (χ2v) is 5.61. The molecule has 1 atom stereocenters. The number of hydrogen-bond acceptors (Lipinski definition) is 4. The van der Waals surface area contributed by atoms with Crippen molar-refractivity contribution in [3.63, 3.8) is 0 Å². The van der Waals surface area contributed by atoms with E-state index < -0.39 is 5.60 Å². The third kappa shape index (κ3) is 3.85. The van der Waals surface area contributed by atoms with Gasteiger partial charge >= 0.3 is 0 Å². The number of likely N-dealkylation sites (tertiary alicyclic amines) is 1. The topological polar surface area (TPSA) is 58.7 Å². The predicted octanol–water partition coefficient (Wildman–Crippen LogP) is 2.01. The summed E-state index contributed by atoms with van der Waals surface area (Å²) in [5, 5.41) is 10.2. The molecule has 0 spiro atoms. The molecule has 0 radical (unpaired) electrons. The summed E-state index contributed by atoms with van der Waals surface area (Å²) >= 11 is 0. The summed E-state index contributed by atoms with van der Waals surface area (Å²) in [4.78, 5) is 2.26. The van der Waals surface area contributed by atoms with E-state index in [1.807, 2.05) is 32.0 Å². The van der Waals surface area contributed by atoms with Crippen LogP contribution in [0.15, 0.2) is 18.2 Å². The third-order valence-corrected chi connectivity index (χ3v) is 3.53. The predicted molar refractivity (Wildman–Crippen MR) is 77.2 cm³/mol. The second kappa shape index (κ2) is 5.80. The van der Waals surface area contributed by atoms with Crippen LogP contribution in [0, 0.1) is 0 Å². The van der Waals surface area contributed by atoms with Crippen LogP contribution in [0.25, 0.3) is 0 Å². The van der Waals surface area contributed by atoms with Gasteiger partial charge in [-0.3, -0.25) is 4.90 Å². The first-order valence-electron chi connectivity index (χ1n) is 6.96. The summed E-state index contributed by atoms with van der Waals surface area (Å²) in [7, 11) is 0. The Morgan fingerprint density at radius 3 is 2.95 bits per heavy atom. The highest BCUT2D eigenvalue weighted by molar-refractivity contribution is 5.47. The first-order valence-corrected chi connectivity index (χ1v) is 6.96. The van der Waals surface area contributed by atoms with E-state index in [9.17, 15) is 5.11 Å². The van der Waals surface area contributed by atoms with Gasteiger partial charge in [0, 0.05) is 24.3 Å². The normalized spacial score (nSPS) is 24.4. The zero-order valence-corrected chi connectivity index (χ0v) is 11.9. The molecule has 0 amide bonds. The number of nitrogen functional groups attached to an aromatic ring is 1. The van der Waals surface area contributed by atoms with Crippen molar-refractivity contribution in [3.05, 3.63) is 23.8 Å². The average molecular weight is 264 g/mol. The van der Waals surface area contributed by atoms with Crippen molar-refractivity contribution in [1.29, 1.82) is 0 Å². The lowest BCUT2D eigenvalue weighted by Crippen LogP contribution is -2.45. The first kappa shape index (κ1) is 14.2. The summed E-state index contributed by atoms with van der Waals surface area (Å²) in [6.45, 7) is 7.02. The maximum Gasteiger partial charge on any atom is 0.123 e. The molecular formula is C15H24N2O2. The van der Waals surface area contributed by atoms with Crippen molar-refractivity contribution in [1.82, 2.24) is 4.90 Å². The van der Waals surface area contributed by atoms with Crippen LogP contribution >= 0.6 is 0 Å². The summed E-state index contributed by atoms with van der Waals surface area (Å²) < 4.78 is 5.64. The average Bonchev–Trinajstić information content (AvgIpc) is 2.31. The largest absolute Gasteiger partial charge is 0.494 e. The summed E-state index contributed by atoms with van der Waals surface area (Å²) in [5.41, 5.74) is 7.13. The maximum absolute atomic E-state index is 10.2. The minimum absolute atomic E-state index is 0.579. The van der Waals surface area contributed by atoms with E-state index in [4.69, 9.17) is 10.5 Å². The van der Waals surface area contributed by atoms with Crippen LogP contribution < -0.4 is 10.5 Å². The molecule has 4 heteroatoms. The van der Waals surface area contributed by atoms with E-state index in [0.29, 0.717) is 13.2 Å². The number of aliphatic hydroxyl groups is 1. The molecule has 1 aliphatic rings. The molecule has 1 saturated heterocycles. The van der Waals surface area contributed by atoms with Crippen LogP contribution in [0.4, 0.5) is 5.69 Å². The number of ether oxygens (including phenoxy) is 1. The van der Waals surface area contributed by atoms with Crippen LogP contribution in [0.2, 0.25) is 0 Å². The van der Waals surface area contributed by atoms with E-state index in [1.165, 1.54) is 0 Å². The lowest BCUT2D eigenvalue weighted by molar-refractivity contribution is -0.0183. The molecule has 3 N–H and O–H groups in total. The van der Waals surface area contributed by atoms with Crippen molar-refractivity contribution < 1.29 is 9.84 Å². The maximum atomic E-state index is 10.2. The first-order chi connectivity index (χ1) is 9.00. The van der Waals surface area contributed by atoms with Gasteiger partial charge in [-0.05, 0) is 51.4 Å². The SMILES string of the molecule is CCOc1ccc(N)cc1CN1CCCC(C)(O)C1. The molecule has 1 fully saturated rings. The molecule has 1 aliphatic heterocycles. The van der Waals surface area contributed by atoms with Gasteiger partial charge in [-0.15, -0.1) is 0 Å². The van der Waals surface area contributed by atoms with E-state index in [1.54, 1.807) is 0 Å². The Bertz CT molecular complexity index is 432. The summed E-state index contributed by atoms with van der Waals surface area (Å²) in [6.07, 6.45) is 1.90. The van der Waals surface area contributed by atoms with Gasteiger partial charge in [-0.2, -0.15) is 0 Å². The monoisotopic (exact) mass is 264 g/mol. The third-order valence-electron chi connectivity index (χ3n) is 3.53. The minimum atomic E-state index is -0.579. The number of hydrogen-bond donors (Lipinski definition) is 2. The van der Waals surface area contributed by atoms with Crippen LogP contribution in [0.5, 0.6) is 5.75 Å². The van der Waals surface area contributed by atoms with Gasteiger partial charge in [0.15, 0.2) is 0 Å². The molecule has 19 heavy (non-hydrogen) atoms. The van der Waals surface area contributed by atoms with Crippen LogP contribution in [-0.2, 0) is 6.54 Å². The van der Waals surface area contributed by atoms with E-state index in [-0.39, 0.29) is 0 Å². The Balaban J connectivity index is 2.11. The van der Waals surface area contributed by atoms with Crippen molar-refractivity contribution in [2.45, 2.75) is 38.8 Å². The molecule has 0 bridgehead atoms. The number of nitrogens with zero attached hydrogens (tertiary/aromatic N) is 1. The van der Waals surface area contributed by atoms with Gasteiger partial charge in [-0.25, -0.2) is 0 Å². The van der Waals surface area contributed by atoms with E-state index in [0.717, 1.165) is 42.9 Å². The number of β-amino-alcohol motifs (C(OH)–C–C–N with tert-alkyl or cyclic N) is 1. The van der Waals surface area contributed by atoms with Crippen molar-refractivity contribution >= 4 is 5.69 Å². The summed E-state index contributed by atoms with van der Waals surface area (Å²) in [6, 6.07) is 5.76. The fraction of sp³-hybridized carbons (Fsp3) is 0.600. The molecule has 1 aromatic rings. The molecule has 1 aromatic carbocycles. The van der Waals surface area contributed by atoms with Gasteiger partial charge in [0.1, 0.15) is 5.75 Å². The summed E-state index contributed by atoms with van der Waals surface area (Å²) in [5.74, 6) is 0.891. The highest BCUT2D eigenvalue weighted by Crippen LogP contribution is 2.26. The molecule has 4 nitrogen and oxygen atoms in total. The number of rotatable bonds is 4. The highest BCUT2D eigenvalue weighted by Gasteiger charge is 2.28. The van der Waals surface area contributed by atoms with Gasteiger partial charge in [0.25, 0.3) is 0 Å². The molecular weight excluding hydrogens is 240 g/mol. The fourth-order valence-electron chi connectivity index (χ4n) is 2.72. The lowest BCUT2D eigenvalue weighted by atomic mass is 9.95. The Labute approximate surface area is 115 Å². The lowest BCUT2D eigenvalue weighted by Gasteiger charge is -2.37. The van der Waals surface area contributed by atoms with E-state index in [2.05, 4.69) is 4.90 Å². The quantitative estimate of drug-likeness (QED) is 0.817. The zero-order chi connectivity index (χ0) is 13.9. The van der Waals surface area contributed by atoms with Crippen molar-refractivity contribution in [2.24, 2.45) is 0 Å². The van der Waals surface area contributed by atoms with Crippen LogP contribution in [0.3, 0.4) is 0 Å². The Morgan fingerprint density at radius 1 is 1.47 bits per heavy atom. The number of piperidine rings is 1. The van der Waals surface area contributed by atoms with Crippen molar-refractivity contribution in [3.8, 4) is 5.75 Å². The molecule has 0 aliphatic carbocycles. The highest BCUT2D eigenvalue weighted by atomic mass is 16.5. The molecule has 0 saturated carbocycles. The van der Waals surface area contributed by atoms with Crippen molar-refractivity contribution in [2.75, 3.05) is 25.4 Å². The Morgan fingerprint density at radius 2 is 2.26 bits per heavy atom. The van der Waals surface area contributed by atoms with E-state index >= 15 is 0 Å². The standard InChI is InChI=1S/C15H24N2O2/c1-3-19-14-6-5-13(16)9-12(14)10-17-8-4-7-15(2,18)11-17/h5-6,9,18H,3-4,7-8,10-11,16H2,1-2H3. The van der Waals surface area contributed by atoms with Gasteiger partial charge in [0.05, 0.1) is 12.2 Å². The van der Waals surface area contributed by atoms with Gasteiger partial charge in [0.2, 0.25) is 0 Å². The Hall–Kier alpha value is -1.26. The van der Waals surface area contributed by atoms with Gasteiger partial charge in [-0.1, -0.05) is 0 Å². The zero-order valence-electron chi connectivity index (χ0n) is 11.9. The van der Waals surface area contributed by atoms with Gasteiger partial charge < -0.3 is 15.6 Å². The number of nitrogens with two attached hydrogens (primary N) is 1. The van der Waals surface area contributed by atoms with Crippen LogP contribution in [-0.4, -0.2) is 35.3 Å². The van der Waals surface area contributed by atoms with Crippen LogP contribution in [0.1, 0.15) is 32.3 Å². The minimum Gasteiger partial charge on any atom is -0.494 e. The fourth-order valence-corrected chi connectivity index (χ4v) is 2.72. The number of anilines is 1. The molecule has 1 heterocycles. The molecule has 2 rings (SSSR count). The second-order valence-electron chi connectivity index (χ2n) is 5.61. The molecule has 1 unspecified atom stereocenters.